The van der Waals surface area contributed by atoms with E-state index in [1.165, 1.54) is 0 Å². The van der Waals surface area contributed by atoms with Gasteiger partial charge in [0.05, 0.1) is 6.10 Å². The maximum absolute atomic E-state index is 5.91. The molecule has 1 aliphatic rings. The molecule has 3 heteroatoms. The lowest BCUT2D eigenvalue weighted by Crippen LogP contribution is -2.63. The van der Waals surface area contributed by atoms with Crippen LogP contribution in [0.5, 0.6) is 0 Å². The van der Waals surface area contributed by atoms with Gasteiger partial charge in [-0.25, -0.2) is 0 Å². The Morgan fingerprint density at radius 3 is 2.12 bits per heavy atom. The van der Waals surface area contributed by atoms with Crippen LogP contribution in [0.4, 0.5) is 0 Å². The Bertz CT molecular complexity index is 214. The minimum absolute atomic E-state index is 0.142. The third-order valence-corrected chi connectivity index (χ3v) is 4.39. The van der Waals surface area contributed by atoms with E-state index in [9.17, 15) is 0 Å². The molecule has 1 fully saturated rings. The van der Waals surface area contributed by atoms with Gasteiger partial charge in [-0.15, -0.1) is 0 Å². The summed E-state index contributed by atoms with van der Waals surface area (Å²) in [6.07, 6.45) is 2.52. The summed E-state index contributed by atoms with van der Waals surface area (Å²) in [5.74, 6) is 2.16. The summed E-state index contributed by atoms with van der Waals surface area (Å²) in [5.41, 5.74) is 6.05. The summed E-state index contributed by atoms with van der Waals surface area (Å²) in [6, 6.07) is 0. The number of hydrogen-bond acceptors (Lipinski definition) is 3. The highest BCUT2D eigenvalue weighted by molar-refractivity contribution is 5.03. The van der Waals surface area contributed by atoms with Crippen molar-refractivity contribution in [3.8, 4) is 0 Å². The fraction of sp³-hybridized carbons (Fsp3) is 1.00. The van der Waals surface area contributed by atoms with E-state index in [0.29, 0.717) is 6.10 Å². The summed E-state index contributed by atoms with van der Waals surface area (Å²) >= 11 is 0. The lowest BCUT2D eigenvalue weighted by atomic mass is 9.73. The van der Waals surface area contributed by atoms with Crippen molar-refractivity contribution < 1.29 is 4.74 Å². The van der Waals surface area contributed by atoms with Crippen molar-refractivity contribution in [2.24, 2.45) is 23.5 Å². The molecule has 0 unspecified atom stereocenters. The Balaban J connectivity index is 2.42. The van der Waals surface area contributed by atoms with Crippen molar-refractivity contribution in [1.82, 2.24) is 5.32 Å². The van der Waals surface area contributed by atoms with Gasteiger partial charge in [-0.1, -0.05) is 27.7 Å². The first-order chi connectivity index (χ1) is 7.94. The van der Waals surface area contributed by atoms with Gasteiger partial charge in [-0.05, 0) is 37.1 Å². The maximum atomic E-state index is 5.91. The Hall–Kier alpha value is -0.120. The Morgan fingerprint density at radius 2 is 1.76 bits per heavy atom. The predicted molar refractivity (Wildman–Crippen MR) is 73.0 cm³/mol. The van der Waals surface area contributed by atoms with Crippen LogP contribution in [0.25, 0.3) is 0 Å². The van der Waals surface area contributed by atoms with Crippen LogP contribution < -0.4 is 11.1 Å². The van der Waals surface area contributed by atoms with E-state index in [1.54, 1.807) is 7.11 Å². The van der Waals surface area contributed by atoms with Gasteiger partial charge in [0, 0.05) is 19.2 Å². The molecular formula is C14H30N2O. The summed E-state index contributed by atoms with van der Waals surface area (Å²) in [6.45, 7) is 11.0. The molecule has 0 radical (unpaired) electrons. The molecule has 0 aromatic rings. The molecule has 3 N–H and O–H groups in total. The molecule has 0 heterocycles. The lowest BCUT2D eigenvalue weighted by molar-refractivity contribution is -0.0292. The van der Waals surface area contributed by atoms with E-state index in [-0.39, 0.29) is 5.54 Å². The first-order valence-electron chi connectivity index (χ1n) is 6.92. The minimum Gasteiger partial charge on any atom is -0.381 e. The fourth-order valence-corrected chi connectivity index (χ4v) is 2.94. The number of nitrogens with one attached hydrogen (secondary N) is 1. The molecule has 102 valence electrons. The van der Waals surface area contributed by atoms with Crippen LogP contribution in [0.1, 0.15) is 40.5 Å². The quantitative estimate of drug-likeness (QED) is 0.718. The summed E-state index contributed by atoms with van der Waals surface area (Å²) in [5, 5.41) is 3.70. The monoisotopic (exact) mass is 242 g/mol. The van der Waals surface area contributed by atoms with E-state index < -0.39 is 0 Å². The van der Waals surface area contributed by atoms with Gasteiger partial charge in [0.1, 0.15) is 0 Å². The van der Waals surface area contributed by atoms with E-state index in [4.69, 9.17) is 10.5 Å². The van der Waals surface area contributed by atoms with Crippen molar-refractivity contribution in [3.63, 3.8) is 0 Å². The third kappa shape index (κ3) is 3.67. The molecule has 1 rings (SSSR count). The van der Waals surface area contributed by atoms with Crippen LogP contribution >= 0.6 is 0 Å². The Kier molecular flexibility index (Phi) is 5.42. The average molecular weight is 242 g/mol. The van der Waals surface area contributed by atoms with Crippen LogP contribution in [0.2, 0.25) is 0 Å². The highest BCUT2D eigenvalue weighted by atomic mass is 16.5. The highest BCUT2D eigenvalue weighted by Crippen LogP contribution is 2.34. The van der Waals surface area contributed by atoms with E-state index >= 15 is 0 Å². The second-order valence-corrected chi connectivity index (χ2v) is 6.28. The number of ether oxygens (including phenoxy) is 1. The normalized spacial score (nSPS) is 29.1. The van der Waals surface area contributed by atoms with Crippen molar-refractivity contribution in [3.05, 3.63) is 0 Å². The maximum Gasteiger partial charge on any atom is 0.0607 e. The van der Waals surface area contributed by atoms with Crippen molar-refractivity contribution in [2.75, 3.05) is 20.2 Å². The number of rotatable bonds is 7. The molecule has 1 aliphatic carbocycles. The molecule has 0 aromatic heterocycles. The summed E-state index contributed by atoms with van der Waals surface area (Å²) in [4.78, 5) is 0. The van der Waals surface area contributed by atoms with Gasteiger partial charge in [0.25, 0.3) is 0 Å². The van der Waals surface area contributed by atoms with E-state index in [0.717, 1.165) is 43.7 Å². The molecule has 0 aliphatic heterocycles. The van der Waals surface area contributed by atoms with Gasteiger partial charge in [0.15, 0.2) is 0 Å². The average Bonchev–Trinajstić information content (AvgIpc) is 2.20. The SMILES string of the molecule is COC1CC(CN)(NCC(C(C)C)C(C)C)C1. The summed E-state index contributed by atoms with van der Waals surface area (Å²) in [7, 11) is 1.79. The van der Waals surface area contributed by atoms with Gasteiger partial charge in [-0.2, -0.15) is 0 Å². The second kappa shape index (κ2) is 6.17. The molecule has 3 nitrogen and oxygen atoms in total. The molecule has 0 atom stereocenters. The molecule has 0 saturated heterocycles. The zero-order valence-electron chi connectivity index (χ0n) is 12.1. The Labute approximate surface area is 106 Å². The largest absolute Gasteiger partial charge is 0.381 e. The first kappa shape index (κ1) is 14.9. The van der Waals surface area contributed by atoms with Gasteiger partial charge in [-0.3, -0.25) is 0 Å². The smallest absolute Gasteiger partial charge is 0.0607 e. The highest BCUT2D eigenvalue weighted by Gasteiger charge is 2.43. The van der Waals surface area contributed by atoms with E-state index in [1.807, 2.05) is 0 Å². The second-order valence-electron chi connectivity index (χ2n) is 6.28. The van der Waals surface area contributed by atoms with Crippen LogP contribution in [0.15, 0.2) is 0 Å². The molecule has 0 aromatic carbocycles. The topological polar surface area (TPSA) is 47.3 Å². The standard InChI is InChI=1S/C14H30N2O/c1-10(2)13(11(3)4)8-16-14(9-15)6-12(7-14)17-5/h10-13,16H,6-9,15H2,1-5H3. The Morgan fingerprint density at radius 1 is 1.24 bits per heavy atom. The van der Waals surface area contributed by atoms with Crippen molar-refractivity contribution in [2.45, 2.75) is 52.2 Å². The molecule has 0 spiro atoms. The van der Waals surface area contributed by atoms with Gasteiger partial charge < -0.3 is 15.8 Å². The number of nitrogens with two attached hydrogens (primary N) is 1. The first-order valence-corrected chi connectivity index (χ1v) is 6.92. The molecule has 0 bridgehead atoms. The van der Waals surface area contributed by atoms with Crippen LogP contribution in [-0.2, 0) is 4.74 Å². The number of methoxy groups -OCH3 is 1. The summed E-state index contributed by atoms with van der Waals surface area (Å²) < 4.78 is 5.35. The van der Waals surface area contributed by atoms with Crippen LogP contribution in [-0.4, -0.2) is 31.8 Å². The lowest BCUT2D eigenvalue weighted by Gasteiger charge is -2.48. The van der Waals surface area contributed by atoms with Gasteiger partial charge in [0.2, 0.25) is 0 Å². The minimum atomic E-state index is 0.142. The van der Waals surface area contributed by atoms with E-state index in [2.05, 4.69) is 33.0 Å². The van der Waals surface area contributed by atoms with Gasteiger partial charge >= 0.3 is 0 Å². The van der Waals surface area contributed by atoms with Crippen molar-refractivity contribution >= 4 is 0 Å². The fourth-order valence-electron chi connectivity index (χ4n) is 2.94. The van der Waals surface area contributed by atoms with Crippen LogP contribution in [0, 0.1) is 17.8 Å². The van der Waals surface area contributed by atoms with Crippen molar-refractivity contribution in [1.29, 1.82) is 0 Å². The molecule has 17 heavy (non-hydrogen) atoms. The van der Waals surface area contributed by atoms with Crippen LogP contribution in [0.3, 0.4) is 0 Å². The third-order valence-electron chi connectivity index (χ3n) is 4.39. The molecule has 1 saturated carbocycles. The zero-order chi connectivity index (χ0) is 13.1. The zero-order valence-corrected chi connectivity index (χ0v) is 12.1. The molecule has 0 amide bonds. The molecular weight excluding hydrogens is 212 g/mol. The predicted octanol–water partition coefficient (Wildman–Crippen LogP) is 2.01. The number of hydrogen-bond donors (Lipinski definition) is 2.